The van der Waals surface area contributed by atoms with Crippen LogP contribution in [0.2, 0.25) is 0 Å². The zero-order valence-electron chi connectivity index (χ0n) is 17.2. The lowest BCUT2D eigenvalue weighted by atomic mass is 9.95. The molecule has 0 radical (unpaired) electrons. The van der Waals surface area contributed by atoms with Crippen LogP contribution in [0.15, 0.2) is 36.5 Å². The van der Waals surface area contributed by atoms with Crippen LogP contribution >= 0.6 is 0 Å². The summed E-state index contributed by atoms with van der Waals surface area (Å²) in [5.74, 6) is 0.927. The zero-order chi connectivity index (χ0) is 22.0. The van der Waals surface area contributed by atoms with Crippen molar-refractivity contribution in [2.24, 2.45) is 5.92 Å². The maximum absolute atomic E-state index is 13.5. The van der Waals surface area contributed by atoms with E-state index in [1.807, 2.05) is 24.3 Å². The molecule has 0 saturated carbocycles. The minimum Gasteiger partial charge on any atom is -0.497 e. The molecule has 1 N–H and O–H groups in total. The van der Waals surface area contributed by atoms with E-state index in [1.54, 1.807) is 29.0 Å². The van der Waals surface area contributed by atoms with Gasteiger partial charge in [-0.15, -0.1) is 0 Å². The molecule has 2 aromatic rings. The highest BCUT2D eigenvalue weighted by molar-refractivity contribution is 6.02. The Bertz CT molecular complexity index is 1040. The normalized spacial score (nSPS) is 16.6. The van der Waals surface area contributed by atoms with Gasteiger partial charge in [-0.1, -0.05) is 0 Å². The van der Waals surface area contributed by atoms with Crippen molar-refractivity contribution in [1.82, 2.24) is 14.8 Å². The lowest BCUT2D eigenvalue weighted by Crippen LogP contribution is -2.48. The molecule has 0 unspecified atom stereocenters. The van der Waals surface area contributed by atoms with Gasteiger partial charge < -0.3 is 19.6 Å². The van der Waals surface area contributed by atoms with E-state index in [0.717, 1.165) is 24.1 Å². The van der Waals surface area contributed by atoms with Crippen molar-refractivity contribution in [1.29, 1.82) is 5.26 Å². The average molecular weight is 421 g/mol. The van der Waals surface area contributed by atoms with Crippen molar-refractivity contribution in [2.75, 3.05) is 31.6 Å². The number of pyridine rings is 1. The Hall–Kier alpha value is -3.80. The van der Waals surface area contributed by atoms with Gasteiger partial charge in [-0.2, -0.15) is 5.26 Å². The van der Waals surface area contributed by atoms with Crippen LogP contribution in [0.1, 0.15) is 24.1 Å². The summed E-state index contributed by atoms with van der Waals surface area (Å²) in [5, 5.41) is 18.4. The van der Waals surface area contributed by atoms with Crippen LogP contribution in [0, 0.1) is 17.2 Å². The molecule has 0 spiro atoms. The van der Waals surface area contributed by atoms with Crippen LogP contribution in [0.4, 0.5) is 21.0 Å². The highest BCUT2D eigenvalue weighted by Gasteiger charge is 2.34. The summed E-state index contributed by atoms with van der Waals surface area (Å²) in [6.45, 7) is 1.94. The van der Waals surface area contributed by atoms with Crippen LogP contribution in [-0.4, -0.2) is 58.8 Å². The largest absolute Gasteiger partial charge is 0.497 e. The lowest BCUT2D eigenvalue weighted by Gasteiger charge is -2.40. The molecule has 9 nitrogen and oxygen atoms in total. The number of carbonyl (C=O) groups excluding carboxylic acids is 1. The van der Waals surface area contributed by atoms with E-state index in [2.05, 4.69) is 4.98 Å². The number of fused-ring (bicyclic) bond motifs is 1. The molecule has 0 atom stereocenters. The monoisotopic (exact) mass is 421 g/mol. The summed E-state index contributed by atoms with van der Waals surface area (Å²) in [7, 11) is 1.60. The topological polar surface area (TPSA) is 110 Å². The molecule has 3 amide bonds. The molecule has 2 aliphatic rings. The molecule has 31 heavy (non-hydrogen) atoms. The van der Waals surface area contributed by atoms with Crippen molar-refractivity contribution in [3.8, 4) is 11.8 Å². The second-order valence-electron chi connectivity index (χ2n) is 7.72. The number of carbonyl (C=O) groups is 2. The summed E-state index contributed by atoms with van der Waals surface area (Å²) in [5.41, 5.74) is 2.50. The first kappa shape index (κ1) is 20.5. The second kappa shape index (κ2) is 8.52. The van der Waals surface area contributed by atoms with E-state index >= 15 is 0 Å². The Morgan fingerprint density at radius 3 is 2.74 bits per heavy atom. The molecule has 0 bridgehead atoms. The summed E-state index contributed by atoms with van der Waals surface area (Å²) < 4.78 is 5.37. The Morgan fingerprint density at radius 2 is 2.06 bits per heavy atom. The summed E-state index contributed by atoms with van der Waals surface area (Å²) in [4.78, 5) is 33.5. The van der Waals surface area contributed by atoms with Gasteiger partial charge in [-0.25, -0.2) is 14.6 Å². The van der Waals surface area contributed by atoms with Crippen LogP contribution in [-0.2, 0) is 6.54 Å². The molecule has 1 fully saturated rings. The zero-order valence-corrected chi connectivity index (χ0v) is 17.2. The number of carboxylic acid groups (broad SMARTS) is 1. The SMILES string of the molecule is COc1ccc2c(c1)CN(CC1CCN(C(=O)O)CC1)C(=O)N2c1ccnc(C#N)c1. The van der Waals surface area contributed by atoms with Crippen LogP contribution < -0.4 is 9.64 Å². The van der Waals surface area contributed by atoms with Gasteiger partial charge in [0.15, 0.2) is 0 Å². The number of aromatic nitrogens is 1. The number of benzene rings is 1. The summed E-state index contributed by atoms with van der Waals surface area (Å²) in [6.07, 6.45) is 2.06. The third-order valence-corrected chi connectivity index (χ3v) is 5.83. The molecule has 1 aromatic carbocycles. The molecule has 3 heterocycles. The van der Waals surface area contributed by atoms with E-state index in [0.29, 0.717) is 37.6 Å². The van der Waals surface area contributed by atoms with Gasteiger partial charge in [0.2, 0.25) is 0 Å². The van der Waals surface area contributed by atoms with Crippen molar-refractivity contribution >= 4 is 23.5 Å². The Labute approximate surface area is 180 Å². The van der Waals surface area contributed by atoms with Gasteiger partial charge in [0.1, 0.15) is 17.5 Å². The third-order valence-electron chi connectivity index (χ3n) is 5.83. The number of amides is 3. The first-order valence-corrected chi connectivity index (χ1v) is 10.1. The molecule has 0 aliphatic carbocycles. The van der Waals surface area contributed by atoms with E-state index in [9.17, 15) is 14.9 Å². The van der Waals surface area contributed by atoms with Crippen LogP contribution in [0.3, 0.4) is 0 Å². The van der Waals surface area contributed by atoms with Gasteiger partial charge in [-0.3, -0.25) is 4.90 Å². The quantitative estimate of drug-likeness (QED) is 0.810. The molecule has 1 aromatic heterocycles. The maximum Gasteiger partial charge on any atom is 0.407 e. The molecule has 4 rings (SSSR count). The van der Waals surface area contributed by atoms with Crippen molar-refractivity contribution in [3.05, 3.63) is 47.8 Å². The summed E-state index contributed by atoms with van der Waals surface area (Å²) in [6, 6.07) is 10.7. The highest BCUT2D eigenvalue weighted by atomic mass is 16.5. The molecule has 160 valence electrons. The first-order valence-electron chi connectivity index (χ1n) is 10.1. The molecule has 9 heteroatoms. The van der Waals surface area contributed by atoms with E-state index in [1.165, 1.54) is 11.1 Å². The van der Waals surface area contributed by atoms with E-state index < -0.39 is 6.09 Å². The number of methoxy groups -OCH3 is 1. The van der Waals surface area contributed by atoms with Crippen LogP contribution in [0.5, 0.6) is 5.75 Å². The van der Waals surface area contributed by atoms with E-state index in [-0.39, 0.29) is 17.6 Å². The Balaban J connectivity index is 1.63. The maximum atomic E-state index is 13.5. The van der Waals surface area contributed by atoms with Crippen molar-refractivity contribution < 1.29 is 19.4 Å². The van der Waals surface area contributed by atoms with Gasteiger partial charge in [0.05, 0.1) is 18.5 Å². The Morgan fingerprint density at radius 1 is 1.29 bits per heavy atom. The molecular formula is C22H23N5O4. The Kier molecular flexibility index (Phi) is 5.62. The smallest absolute Gasteiger partial charge is 0.407 e. The lowest BCUT2D eigenvalue weighted by molar-refractivity contribution is 0.115. The van der Waals surface area contributed by atoms with Crippen molar-refractivity contribution in [2.45, 2.75) is 19.4 Å². The van der Waals surface area contributed by atoms with E-state index in [4.69, 9.17) is 9.84 Å². The predicted octanol–water partition coefficient (Wildman–Crippen LogP) is 3.43. The average Bonchev–Trinajstić information content (AvgIpc) is 2.79. The predicted molar refractivity (Wildman–Crippen MR) is 112 cm³/mol. The number of ether oxygens (including phenoxy) is 1. The number of anilines is 2. The number of hydrogen-bond acceptors (Lipinski definition) is 5. The van der Waals surface area contributed by atoms with Gasteiger partial charge in [-0.05, 0) is 54.7 Å². The van der Waals surface area contributed by atoms with Gasteiger partial charge in [0, 0.05) is 32.4 Å². The minimum atomic E-state index is -0.898. The second-order valence-corrected chi connectivity index (χ2v) is 7.72. The first-order chi connectivity index (χ1) is 15.0. The number of likely N-dealkylation sites (tertiary alicyclic amines) is 1. The number of nitrogens with zero attached hydrogens (tertiary/aromatic N) is 5. The fourth-order valence-corrected chi connectivity index (χ4v) is 4.18. The molecule has 1 saturated heterocycles. The number of hydrogen-bond donors (Lipinski definition) is 1. The standard InChI is InChI=1S/C22H23N5O4/c1-31-19-2-3-20-16(10-19)14-26(13-15-5-8-25(9-6-15)22(29)30)21(28)27(20)18-4-7-24-17(11-18)12-23/h2-4,7,10-11,15H,5-6,8-9,13-14H2,1H3,(H,29,30). The number of piperidine rings is 1. The molecule has 2 aliphatic heterocycles. The number of rotatable bonds is 4. The van der Waals surface area contributed by atoms with Crippen molar-refractivity contribution in [3.63, 3.8) is 0 Å². The fourth-order valence-electron chi connectivity index (χ4n) is 4.18. The fraction of sp³-hybridized carbons (Fsp3) is 0.364. The number of urea groups is 1. The summed E-state index contributed by atoms with van der Waals surface area (Å²) >= 11 is 0. The van der Waals surface area contributed by atoms with Crippen LogP contribution in [0.25, 0.3) is 0 Å². The number of nitriles is 1. The highest BCUT2D eigenvalue weighted by Crippen LogP contribution is 2.37. The van der Waals surface area contributed by atoms with Gasteiger partial charge >= 0.3 is 12.1 Å². The third kappa shape index (κ3) is 4.10. The molecular weight excluding hydrogens is 398 g/mol. The minimum absolute atomic E-state index is 0.173. The van der Waals surface area contributed by atoms with Gasteiger partial charge in [0.25, 0.3) is 0 Å².